The highest BCUT2D eigenvalue weighted by atomic mass is 32.2. The standard InChI is InChI=1S/C16H21N5O3S/c1-24-14-6-4-12(5-7-14)15-9-16(19-11-18-15)20-13-3-2-8-21(10-13)25(17,22)23/h4-7,9,11,13H,2-3,8,10H2,1H3,(H2,17,22,23)(H,18,19,20)/t13-/m1/s1. The van der Waals surface area contributed by atoms with Gasteiger partial charge in [-0.15, -0.1) is 0 Å². The highest BCUT2D eigenvalue weighted by Crippen LogP contribution is 2.23. The zero-order valence-corrected chi connectivity index (χ0v) is 14.7. The number of hydrogen-bond donors (Lipinski definition) is 2. The molecule has 134 valence electrons. The minimum atomic E-state index is -3.66. The summed E-state index contributed by atoms with van der Waals surface area (Å²) in [7, 11) is -2.04. The first-order chi connectivity index (χ1) is 12.0. The van der Waals surface area contributed by atoms with Gasteiger partial charge in [0.15, 0.2) is 0 Å². The maximum Gasteiger partial charge on any atom is 0.276 e. The van der Waals surface area contributed by atoms with Gasteiger partial charge in [0.25, 0.3) is 10.2 Å². The van der Waals surface area contributed by atoms with Crippen LogP contribution in [0.15, 0.2) is 36.7 Å². The third-order valence-corrected chi connectivity index (χ3v) is 5.20. The lowest BCUT2D eigenvalue weighted by molar-refractivity contribution is 0.327. The molecular weight excluding hydrogens is 342 g/mol. The molecule has 0 bridgehead atoms. The number of piperidine rings is 1. The molecule has 0 radical (unpaired) electrons. The molecule has 2 aromatic rings. The fraction of sp³-hybridized carbons (Fsp3) is 0.375. The first-order valence-electron chi connectivity index (χ1n) is 7.96. The highest BCUT2D eigenvalue weighted by molar-refractivity contribution is 7.86. The number of ether oxygens (including phenoxy) is 1. The van der Waals surface area contributed by atoms with Crippen LogP contribution in [0.25, 0.3) is 11.3 Å². The normalized spacial score (nSPS) is 18.7. The van der Waals surface area contributed by atoms with Crippen LogP contribution >= 0.6 is 0 Å². The van der Waals surface area contributed by atoms with Crippen molar-refractivity contribution in [1.82, 2.24) is 14.3 Å². The third-order valence-electron chi connectivity index (χ3n) is 4.15. The summed E-state index contributed by atoms with van der Waals surface area (Å²) >= 11 is 0. The lowest BCUT2D eigenvalue weighted by Crippen LogP contribution is -2.47. The number of nitrogens with two attached hydrogens (primary N) is 1. The van der Waals surface area contributed by atoms with Crippen molar-refractivity contribution in [3.63, 3.8) is 0 Å². The van der Waals surface area contributed by atoms with E-state index in [1.165, 1.54) is 10.6 Å². The SMILES string of the molecule is COc1ccc(-c2cc(N[C@@H]3CCCN(S(N)(=O)=O)C3)ncn2)cc1. The maximum atomic E-state index is 11.5. The topological polar surface area (TPSA) is 110 Å². The summed E-state index contributed by atoms with van der Waals surface area (Å²) in [6, 6.07) is 9.40. The summed E-state index contributed by atoms with van der Waals surface area (Å²) in [6.07, 6.45) is 3.10. The maximum absolute atomic E-state index is 11.5. The molecule has 0 amide bonds. The van der Waals surface area contributed by atoms with Crippen molar-refractivity contribution in [3.05, 3.63) is 36.7 Å². The van der Waals surface area contributed by atoms with E-state index in [9.17, 15) is 8.42 Å². The van der Waals surface area contributed by atoms with Crippen LogP contribution in [-0.4, -0.2) is 48.9 Å². The van der Waals surface area contributed by atoms with Gasteiger partial charge in [0.2, 0.25) is 0 Å². The van der Waals surface area contributed by atoms with Gasteiger partial charge in [-0.3, -0.25) is 0 Å². The Hall–Kier alpha value is -2.23. The molecule has 1 atom stereocenters. The molecule has 0 saturated carbocycles. The second kappa shape index (κ2) is 7.34. The molecule has 0 unspecified atom stereocenters. The summed E-state index contributed by atoms with van der Waals surface area (Å²) in [5.74, 6) is 1.43. The quantitative estimate of drug-likeness (QED) is 0.827. The summed E-state index contributed by atoms with van der Waals surface area (Å²) in [6.45, 7) is 0.790. The lowest BCUT2D eigenvalue weighted by Gasteiger charge is -2.31. The smallest absolute Gasteiger partial charge is 0.276 e. The van der Waals surface area contributed by atoms with Crippen LogP contribution in [-0.2, 0) is 10.2 Å². The van der Waals surface area contributed by atoms with E-state index in [-0.39, 0.29) is 6.04 Å². The summed E-state index contributed by atoms with van der Waals surface area (Å²) < 4.78 is 29.5. The molecule has 1 fully saturated rings. The zero-order chi connectivity index (χ0) is 17.9. The Balaban J connectivity index is 1.73. The molecule has 1 aliphatic heterocycles. The van der Waals surface area contributed by atoms with Gasteiger partial charge in [-0.25, -0.2) is 15.1 Å². The fourth-order valence-corrected chi connectivity index (χ4v) is 3.63. The van der Waals surface area contributed by atoms with Crippen molar-refractivity contribution in [2.24, 2.45) is 5.14 Å². The third kappa shape index (κ3) is 4.44. The van der Waals surface area contributed by atoms with Gasteiger partial charge in [0.1, 0.15) is 17.9 Å². The molecule has 9 heteroatoms. The van der Waals surface area contributed by atoms with Crippen molar-refractivity contribution in [1.29, 1.82) is 0 Å². The summed E-state index contributed by atoms with van der Waals surface area (Å²) in [5, 5.41) is 8.50. The number of benzene rings is 1. The first kappa shape index (κ1) is 17.6. The van der Waals surface area contributed by atoms with Crippen LogP contribution in [0.5, 0.6) is 5.75 Å². The highest BCUT2D eigenvalue weighted by Gasteiger charge is 2.26. The minimum absolute atomic E-state index is 0.0364. The van der Waals surface area contributed by atoms with Crippen LogP contribution in [0.4, 0.5) is 5.82 Å². The van der Waals surface area contributed by atoms with Gasteiger partial charge in [-0.05, 0) is 37.1 Å². The largest absolute Gasteiger partial charge is 0.497 e. The van der Waals surface area contributed by atoms with Crippen LogP contribution in [0.1, 0.15) is 12.8 Å². The first-order valence-corrected chi connectivity index (χ1v) is 9.47. The van der Waals surface area contributed by atoms with E-state index >= 15 is 0 Å². The monoisotopic (exact) mass is 363 g/mol. The molecule has 0 aliphatic carbocycles. The molecule has 1 aromatic carbocycles. The van der Waals surface area contributed by atoms with Gasteiger partial charge in [-0.2, -0.15) is 12.7 Å². The Bertz CT molecular complexity index is 826. The van der Waals surface area contributed by atoms with Crippen molar-refractivity contribution >= 4 is 16.0 Å². The number of methoxy groups -OCH3 is 1. The van der Waals surface area contributed by atoms with Crippen molar-refractivity contribution in [2.75, 3.05) is 25.5 Å². The predicted molar refractivity (Wildman–Crippen MR) is 95.3 cm³/mol. The molecule has 1 aliphatic rings. The molecule has 3 rings (SSSR count). The number of aromatic nitrogens is 2. The van der Waals surface area contributed by atoms with Crippen LogP contribution in [0, 0.1) is 0 Å². The predicted octanol–water partition coefficient (Wildman–Crippen LogP) is 1.23. The van der Waals surface area contributed by atoms with Gasteiger partial charge in [0.05, 0.1) is 12.8 Å². The van der Waals surface area contributed by atoms with Gasteiger partial charge < -0.3 is 10.1 Å². The molecular formula is C16H21N5O3S. The number of rotatable bonds is 5. The summed E-state index contributed by atoms with van der Waals surface area (Å²) in [5.41, 5.74) is 1.72. The van der Waals surface area contributed by atoms with Crippen molar-refractivity contribution in [2.45, 2.75) is 18.9 Å². The lowest BCUT2D eigenvalue weighted by atomic mass is 10.1. The Morgan fingerprint density at radius 1 is 1.28 bits per heavy atom. The molecule has 25 heavy (non-hydrogen) atoms. The van der Waals surface area contributed by atoms with E-state index in [0.29, 0.717) is 18.9 Å². The second-order valence-electron chi connectivity index (χ2n) is 5.90. The Kier molecular flexibility index (Phi) is 5.16. The average Bonchev–Trinajstić information content (AvgIpc) is 2.61. The number of hydrogen-bond acceptors (Lipinski definition) is 6. The number of nitrogens with one attached hydrogen (secondary N) is 1. The molecule has 1 aromatic heterocycles. The molecule has 2 heterocycles. The van der Waals surface area contributed by atoms with Crippen molar-refractivity contribution in [3.8, 4) is 17.0 Å². The van der Waals surface area contributed by atoms with Gasteiger partial charge in [0, 0.05) is 30.8 Å². The van der Waals surface area contributed by atoms with E-state index < -0.39 is 10.2 Å². The van der Waals surface area contributed by atoms with Crippen LogP contribution in [0.3, 0.4) is 0 Å². The van der Waals surface area contributed by atoms with E-state index in [1.807, 2.05) is 30.3 Å². The van der Waals surface area contributed by atoms with E-state index in [4.69, 9.17) is 9.88 Å². The molecule has 3 N–H and O–H groups in total. The molecule has 0 spiro atoms. The number of anilines is 1. The Labute approximate surface area is 147 Å². The average molecular weight is 363 g/mol. The second-order valence-corrected chi connectivity index (χ2v) is 7.45. The molecule has 8 nitrogen and oxygen atoms in total. The minimum Gasteiger partial charge on any atom is -0.497 e. The van der Waals surface area contributed by atoms with E-state index in [1.54, 1.807) is 7.11 Å². The zero-order valence-electron chi connectivity index (χ0n) is 13.9. The van der Waals surface area contributed by atoms with Crippen LogP contribution in [0.2, 0.25) is 0 Å². The summed E-state index contributed by atoms with van der Waals surface area (Å²) in [4.78, 5) is 8.53. The Morgan fingerprint density at radius 3 is 2.72 bits per heavy atom. The van der Waals surface area contributed by atoms with Gasteiger partial charge in [-0.1, -0.05) is 0 Å². The fourth-order valence-electron chi connectivity index (χ4n) is 2.86. The van der Waals surface area contributed by atoms with Crippen molar-refractivity contribution < 1.29 is 13.2 Å². The van der Waals surface area contributed by atoms with Gasteiger partial charge >= 0.3 is 0 Å². The van der Waals surface area contributed by atoms with E-state index in [2.05, 4.69) is 15.3 Å². The molecule has 1 saturated heterocycles. The van der Waals surface area contributed by atoms with Crippen LogP contribution < -0.4 is 15.2 Å². The van der Waals surface area contributed by atoms with E-state index in [0.717, 1.165) is 29.8 Å². The number of nitrogens with zero attached hydrogens (tertiary/aromatic N) is 3. The Morgan fingerprint density at radius 2 is 2.04 bits per heavy atom.